The number of nitrogens with zero attached hydrogens (tertiary/aromatic N) is 2. The van der Waals surface area contributed by atoms with Crippen LogP contribution in [-0.4, -0.2) is 37.2 Å². The average molecular weight is 292 g/mol. The highest BCUT2D eigenvalue weighted by atomic mass is 16.5. The zero-order valence-electron chi connectivity index (χ0n) is 13.4. The van der Waals surface area contributed by atoms with E-state index in [9.17, 15) is 0 Å². The van der Waals surface area contributed by atoms with E-state index in [-0.39, 0.29) is 0 Å². The van der Waals surface area contributed by atoms with Gasteiger partial charge in [-0.1, -0.05) is 19.9 Å². The molecule has 0 amide bonds. The van der Waals surface area contributed by atoms with Gasteiger partial charge in [0.25, 0.3) is 0 Å². The van der Waals surface area contributed by atoms with Crippen molar-refractivity contribution in [1.82, 2.24) is 15.6 Å². The topological polar surface area (TPSA) is 58.5 Å². The van der Waals surface area contributed by atoms with E-state index in [1.165, 1.54) is 0 Å². The average Bonchev–Trinajstić information content (AvgIpc) is 2.49. The molecule has 0 aliphatic heterocycles. The molecule has 1 rings (SSSR count). The molecular formula is C16H28N4O. The van der Waals surface area contributed by atoms with Crippen molar-refractivity contribution in [3.8, 4) is 0 Å². The Morgan fingerprint density at radius 2 is 2.19 bits per heavy atom. The third-order valence-corrected chi connectivity index (χ3v) is 2.68. The minimum Gasteiger partial charge on any atom is -0.381 e. The van der Waals surface area contributed by atoms with E-state index in [2.05, 4.69) is 41.4 Å². The van der Waals surface area contributed by atoms with Gasteiger partial charge < -0.3 is 15.4 Å². The maximum Gasteiger partial charge on any atom is 0.191 e. The van der Waals surface area contributed by atoms with Gasteiger partial charge in [-0.2, -0.15) is 0 Å². The van der Waals surface area contributed by atoms with E-state index in [0.29, 0.717) is 12.5 Å². The van der Waals surface area contributed by atoms with Crippen molar-refractivity contribution in [2.45, 2.75) is 33.7 Å². The van der Waals surface area contributed by atoms with E-state index in [1.54, 1.807) is 6.20 Å². The van der Waals surface area contributed by atoms with Crippen molar-refractivity contribution in [2.24, 2.45) is 10.9 Å². The largest absolute Gasteiger partial charge is 0.381 e. The fourth-order valence-corrected chi connectivity index (χ4v) is 1.69. The smallest absolute Gasteiger partial charge is 0.191 e. The molecule has 0 radical (unpaired) electrons. The van der Waals surface area contributed by atoms with E-state index in [0.717, 1.165) is 44.4 Å². The van der Waals surface area contributed by atoms with E-state index in [4.69, 9.17) is 4.74 Å². The number of hydrogen-bond donors (Lipinski definition) is 2. The lowest BCUT2D eigenvalue weighted by molar-refractivity contribution is 0.108. The summed E-state index contributed by atoms with van der Waals surface area (Å²) < 4.78 is 5.56. The minimum absolute atomic E-state index is 0.583. The van der Waals surface area contributed by atoms with Crippen LogP contribution in [0.3, 0.4) is 0 Å². The number of ether oxygens (including phenoxy) is 1. The fraction of sp³-hybridized carbons (Fsp3) is 0.625. The van der Waals surface area contributed by atoms with Gasteiger partial charge in [0.1, 0.15) is 0 Å². The molecule has 0 aliphatic rings. The molecular weight excluding hydrogens is 264 g/mol. The van der Waals surface area contributed by atoms with Crippen LogP contribution in [0.15, 0.2) is 29.4 Å². The Kier molecular flexibility index (Phi) is 9.20. The van der Waals surface area contributed by atoms with Crippen LogP contribution in [-0.2, 0) is 11.3 Å². The van der Waals surface area contributed by atoms with Crippen LogP contribution < -0.4 is 10.6 Å². The van der Waals surface area contributed by atoms with Crippen molar-refractivity contribution in [2.75, 3.05) is 26.3 Å². The van der Waals surface area contributed by atoms with Crippen molar-refractivity contribution in [3.05, 3.63) is 30.1 Å². The lowest BCUT2D eigenvalue weighted by atomic mass is 10.2. The first-order valence-corrected chi connectivity index (χ1v) is 7.72. The second-order valence-corrected chi connectivity index (χ2v) is 5.27. The van der Waals surface area contributed by atoms with Crippen LogP contribution in [0, 0.1) is 5.92 Å². The van der Waals surface area contributed by atoms with E-state index >= 15 is 0 Å². The number of nitrogens with one attached hydrogen (secondary N) is 2. The van der Waals surface area contributed by atoms with Gasteiger partial charge in [0.2, 0.25) is 0 Å². The molecule has 5 nitrogen and oxygen atoms in total. The van der Waals surface area contributed by atoms with Crippen molar-refractivity contribution in [3.63, 3.8) is 0 Å². The highest BCUT2D eigenvalue weighted by molar-refractivity contribution is 5.79. The van der Waals surface area contributed by atoms with Crippen LogP contribution in [0.25, 0.3) is 0 Å². The Balaban J connectivity index is 2.26. The quantitative estimate of drug-likeness (QED) is 0.416. The van der Waals surface area contributed by atoms with Gasteiger partial charge in [-0.3, -0.25) is 4.98 Å². The summed E-state index contributed by atoms with van der Waals surface area (Å²) in [7, 11) is 0. The third kappa shape index (κ3) is 9.02. The molecule has 1 aromatic heterocycles. The molecule has 0 aliphatic carbocycles. The number of aliphatic imine (C=N–C) groups is 1. The van der Waals surface area contributed by atoms with Gasteiger partial charge in [0.15, 0.2) is 5.96 Å². The van der Waals surface area contributed by atoms with Gasteiger partial charge in [-0.05, 0) is 31.4 Å². The maximum atomic E-state index is 5.56. The molecule has 0 bridgehead atoms. The number of guanidine groups is 1. The van der Waals surface area contributed by atoms with Crippen LogP contribution >= 0.6 is 0 Å². The normalized spacial score (nSPS) is 11.7. The first-order chi connectivity index (χ1) is 10.2. The molecule has 0 saturated carbocycles. The van der Waals surface area contributed by atoms with Gasteiger partial charge in [-0.25, -0.2) is 4.99 Å². The molecule has 0 unspecified atom stereocenters. The molecule has 21 heavy (non-hydrogen) atoms. The number of rotatable bonds is 9. The highest BCUT2D eigenvalue weighted by Gasteiger charge is 1.98. The lowest BCUT2D eigenvalue weighted by Crippen LogP contribution is -2.38. The second kappa shape index (κ2) is 11.1. The summed E-state index contributed by atoms with van der Waals surface area (Å²) in [5.41, 5.74) is 0.968. The molecule has 0 saturated heterocycles. The molecule has 1 aromatic rings. The molecule has 1 heterocycles. The first kappa shape index (κ1) is 17.4. The fourth-order valence-electron chi connectivity index (χ4n) is 1.69. The Bertz CT molecular complexity index is 393. The van der Waals surface area contributed by atoms with Crippen molar-refractivity contribution >= 4 is 5.96 Å². The summed E-state index contributed by atoms with van der Waals surface area (Å²) in [4.78, 5) is 8.79. The molecule has 0 fully saturated rings. The highest BCUT2D eigenvalue weighted by Crippen LogP contribution is 1.95. The zero-order valence-corrected chi connectivity index (χ0v) is 13.4. The van der Waals surface area contributed by atoms with Crippen molar-refractivity contribution < 1.29 is 4.74 Å². The summed E-state index contributed by atoms with van der Waals surface area (Å²) >= 11 is 0. The summed E-state index contributed by atoms with van der Waals surface area (Å²) in [5, 5.41) is 6.54. The Labute approximate surface area is 128 Å². The predicted octanol–water partition coefficient (Wildman–Crippen LogP) is 2.20. The van der Waals surface area contributed by atoms with Crippen LogP contribution in [0.2, 0.25) is 0 Å². The summed E-state index contributed by atoms with van der Waals surface area (Å²) in [6.07, 6.45) is 2.76. The van der Waals surface area contributed by atoms with Crippen LogP contribution in [0.5, 0.6) is 0 Å². The van der Waals surface area contributed by atoms with Crippen LogP contribution in [0.4, 0.5) is 0 Å². The number of aromatic nitrogens is 1. The van der Waals surface area contributed by atoms with E-state index in [1.807, 2.05) is 18.2 Å². The van der Waals surface area contributed by atoms with Gasteiger partial charge in [0, 0.05) is 32.5 Å². The molecule has 2 N–H and O–H groups in total. The maximum absolute atomic E-state index is 5.56. The summed E-state index contributed by atoms with van der Waals surface area (Å²) in [5.74, 6) is 1.42. The summed E-state index contributed by atoms with van der Waals surface area (Å²) in [6.45, 7) is 10.3. The number of hydrogen-bond acceptors (Lipinski definition) is 3. The molecule has 0 atom stereocenters. The third-order valence-electron chi connectivity index (χ3n) is 2.68. The zero-order chi connectivity index (χ0) is 15.3. The Hall–Kier alpha value is -1.62. The summed E-state index contributed by atoms with van der Waals surface area (Å²) in [6, 6.07) is 5.87. The lowest BCUT2D eigenvalue weighted by Gasteiger charge is -2.11. The molecule has 5 heteroatoms. The predicted molar refractivity (Wildman–Crippen MR) is 87.3 cm³/mol. The van der Waals surface area contributed by atoms with Crippen LogP contribution in [0.1, 0.15) is 32.9 Å². The standard InChI is InChI=1S/C16H28N4O/c1-4-17-16(19-10-7-11-21-13-14(2)3)20-12-15-8-5-6-9-18-15/h5-6,8-9,14H,4,7,10-13H2,1-3H3,(H2,17,19,20). The Morgan fingerprint density at radius 3 is 2.86 bits per heavy atom. The van der Waals surface area contributed by atoms with Gasteiger partial charge >= 0.3 is 0 Å². The van der Waals surface area contributed by atoms with Gasteiger partial charge in [-0.15, -0.1) is 0 Å². The number of pyridine rings is 1. The van der Waals surface area contributed by atoms with Gasteiger partial charge in [0.05, 0.1) is 12.2 Å². The minimum atomic E-state index is 0.583. The molecule has 0 spiro atoms. The molecule has 0 aromatic carbocycles. The van der Waals surface area contributed by atoms with Crippen molar-refractivity contribution in [1.29, 1.82) is 0 Å². The first-order valence-electron chi connectivity index (χ1n) is 7.72. The van der Waals surface area contributed by atoms with E-state index < -0.39 is 0 Å². The SMILES string of the molecule is CCNC(=NCc1ccccn1)NCCCOCC(C)C. The second-order valence-electron chi connectivity index (χ2n) is 5.27. The molecule has 118 valence electrons. The Morgan fingerprint density at radius 1 is 1.33 bits per heavy atom. The monoisotopic (exact) mass is 292 g/mol.